The number of aryl methyl sites for hydroxylation is 1. The number of hydrogen-bond acceptors (Lipinski definition) is 4. The summed E-state index contributed by atoms with van der Waals surface area (Å²) in [5.74, 6) is 1.58. The molecular weight excluding hydrogens is 222 g/mol. The van der Waals surface area contributed by atoms with Crippen molar-refractivity contribution in [2.75, 3.05) is 5.75 Å². The van der Waals surface area contributed by atoms with Crippen molar-refractivity contribution in [1.29, 1.82) is 0 Å². The van der Waals surface area contributed by atoms with Crippen LogP contribution < -0.4 is 0 Å². The summed E-state index contributed by atoms with van der Waals surface area (Å²) in [6, 6.07) is 0. The fourth-order valence-electron chi connectivity index (χ4n) is 1.27. The van der Waals surface area contributed by atoms with Gasteiger partial charge in [0.1, 0.15) is 17.9 Å². The second-order valence-corrected chi connectivity index (χ2v) is 5.16. The average molecular weight is 241 g/mol. The molecule has 0 fully saturated rings. The lowest BCUT2D eigenvalue weighted by Gasteiger charge is -2.07. The van der Waals surface area contributed by atoms with Crippen LogP contribution >= 0.6 is 11.8 Å². The van der Waals surface area contributed by atoms with E-state index < -0.39 is 0 Å². The summed E-state index contributed by atoms with van der Waals surface area (Å²) in [5.41, 5.74) is 0. The van der Waals surface area contributed by atoms with E-state index in [2.05, 4.69) is 23.9 Å². The predicted molar refractivity (Wildman–Crippen MR) is 66.6 cm³/mol. The zero-order valence-corrected chi connectivity index (χ0v) is 11.0. The van der Waals surface area contributed by atoms with Gasteiger partial charge in [0.25, 0.3) is 0 Å². The topological polar surface area (TPSA) is 47.8 Å². The van der Waals surface area contributed by atoms with Crippen LogP contribution in [-0.4, -0.2) is 31.6 Å². The van der Waals surface area contributed by atoms with Crippen LogP contribution in [-0.2, 0) is 17.8 Å². The van der Waals surface area contributed by atoms with E-state index in [-0.39, 0.29) is 5.78 Å². The third kappa shape index (κ3) is 3.96. The lowest BCUT2D eigenvalue weighted by molar-refractivity contribution is -0.116. The molecule has 1 unspecified atom stereocenters. The highest BCUT2D eigenvalue weighted by Gasteiger charge is 2.10. The van der Waals surface area contributed by atoms with E-state index in [9.17, 15) is 4.79 Å². The summed E-state index contributed by atoms with van der Waals surface area (Å²) in [5, 5.41) is 4.59. The highest BCUT2D eigenvalue weighted by atomic mass is 32.2. The van der Waals surface area contributed by atoms with Crippen LogP contribution in [0, 0.1) is 0 Å². The van der Waals surface area contributed by atoms with Crippen LogP contribution in [0.3, 0.4) is 0 Å². The van der Waals surface area contributed by atoms with E-state index in [4.69, 9.17) is 0 Å². The molecule has 16 heavy (non-hydrogen) atoms. The standard InChI is InChI=1S/C11H19N3OS/c1-4-9(3)16-7-10(15)6-11-12-8-13-14(11)5-2/h8-9H,4-7H2,1-3H3. The molecule has 0 aliphatic rings. The molecule has 0 aliphatic carbocycles. The monoisotopic (exact) mass is 241 g/mol. The summed E-state index contributed by atoms with van der Waals surface area (Å²) in [4.78, 5) is 15.8. The van der Waals surface area contributed by atoms with Gasteiger partial charge in [0.15, 0.2) is 0 Å². The Morgan fingerprint density at radius 3 is 2.94 bits per heavy atom. The Morgan fingerprint density at radius 1 is 1.56 bits per heavy atom. The molecule has 0 aromatic carbocycles. The third-order valence-electron chi connectivity index (χ3n) is 2.45. The number of Topliss-reactive ketones (excluding diaryl/α,β-unsaturated/α-hetero) is 1. The van der Waals surface area contributed by atoms with E-state index in [1.54, 1.807) is 16.4 Å². The van der Waals surface area contributed by atoms with Crippen molar-refractivity contribution in [2.45, 2.75) is 45.4 Å². The molecule has 1 aromatic rings. The Labute approximate surface area is 101 Å². The minimum Gasteiger partial charge on any atom is -0.298 e. The number of thioether (sulfide) groups is 1. The van der Waals surface area contributed by atoms with Gasteiger partial charge in [-0.1, -0.05) is 13.8 Å². The molecule has 5 heteroatoms. The molecule has 0 N–H and O–H groups in total. The zero-order chi connectivity index (χ0) is 12.0. The van der Waals surface area contributed by atoms with Crippen LogP contribution in [0.25, 0.3) is 0 Å². The lowest BCUT2D eigenvalue weighted by atomic mass is 10.3. The second kappa shape index (κ2) is 6.68. The average Bonchev–Trinajstić information content (AvgIpc) is 2.73. The van der Waals surface area contributed by atoms with Gasteiger partial charge in [0.2, 0.25) is 0 Å². The van der Waals surface area contributed by atoms with Gasteiger partial charge < -0.3 is 0 Å². The predicted octanol–water partition coefficient (Wildman–Crippen LogP) is 1.94. The van der Waals surface area contributed by atoms with Crippen molar-refractivity contribution in [2.24, 2.45) is 0 Å². The molecular formula is C11H19N3OS. The van der Waals surface area contributed by atoms with Crippen molar-refractivity contribution in [1.82, 2.24) is 14.8 Å². The van der Waals surface area contributed by atoms with Gasteiger partial charge >= 0.3 is 0 Å². The molecule has 0 saturated heterocycles. The van der Waals surface area contributed by atoms with Gasteiger partial charge in [-0.3, -0.25) is 4.79 Å². The molecule has 0 amide bonds. The first-order valence-corrected chi connectivity index (χ1v) is 6.72. The van der Waals surface area contributed by atoms with Gasteiger partial charge in [0, 0.05) is 11.8 Å². The Kier molecular flexibility index (Phi) is 5.52. The largest absolute Gasteiger partial charge is 0.298 e. The van der Waals surface area contributed by atoms with Crippen molar-refractivity contribution < 1.29 is 4.79 Å². The molecule has 1 rings (SSSR count). The van der Waals surface area contributed by atoms with Crippen LogP contribution in [0.5, 0.6) is 0 Å². The van der Waals surface area contributed by atoms with E-state index in [1.807, 2.05) is 6.92 Å². The molecule has 90 valence electrons. The SMILES string of the molecule is CCC(C)SCC(=O)Cc1ncnn1CC. The molecule has 0 saturated carbocycles. The minimum atomic E-state index is 0.230. The highest BCUT2D eigenvalue weighted by molar-refractivity contribution is 8.00. The normalized spacial score (nSPS) is 12.7. The first-order chi connectivity index (χ1) is 7.67. The Hall–Kier alpha value is -0.840. The molecule has 1 aromatic heterocycles. The van der Waals surface area contributed by atoms with Crippen LogP contribution in [0.4, 0.5) is 0 Å². The molecule has 0 spiro atoms. The summed E-state index contributed by atoms with van der Waals surface area (Å²) in [7, 11) is 0. The van der Waals surface area contributed by atoms with E-state index >= 15 is 0 Å². The second-order valence-electron chi connectivity index (χ2n) is 3.74. The zero-order valence-electron chi connectivity index (χ0n) is 10.1. The number of nitrogens with zero attached hydrogens (tertiary/aromatic N) is 3. The van der Waals surface area contributed by atoms with Crippen molar-refractivity contribution >= 4 is 17.5 Å². The molecule has 1 heterocycles. The van der Waals surface area contributed by atoms with Crippen molar-refractivity contribution in [3.8, 4) is 0 Å². The number of ketones is 1. The summed E-state index contributed by atoms with van der Waals surface area (Å²) in [6.07, 6.45) is 3.01. The fourth-order valence-corrected chi connectivity index (χ4v) is 2.08. The van der Waals surface area contributed by atoms with Crippen LogP contribution in [0.1, 0.15) is 33.0 Å². The van der Waals surface area contributed by atoms with Gasteiger partial charge in [0.05, 0.1) is 12.2 Å². The molecule has 0 radical (unpaired) electrons. The van der Waals surface area contributed by atoms with Gasteiger partial charge in [-0.15, -0.1) is 0 Å². The fraction of sp³-hybridized carbons (Fsp3) is 0.727. The maximum atomic E-state index is 11.7. The molecule has 1 atom stereocenters. The number of rotatable bonds is 7. The molecule has 0 aliphatic heterocycles. The van der Waals surface area contributed by atoms with Gasteiger partial charge in [-0.2, -0.15) is 16.9 Å². The minimum absolute atomic E-state index is 0.230. The number of aromatic nitrogens is 3. The van der Waals surface area contributed by atoms with Crippen LogP contribution in [0.15, 0.2) is 6.33 Å². The van der Waals surface area contributed by atoms with E-state index in [0.717, 1.165) is 18.8 Å². The van der Waals surface area contributed by atoms with Gasteiger partial charge in [-0.05, 0) is 13.3 Å². The summed E-state index contributed by atoms with van der Waals surface area (Å²) < 4.78 is 1.77. The summed E-state index contributed by atoms with van der Waals surface area (Å²) >= 11 is 1.71. The maximum Gasteiger partial charge on any atom is 0.150 e. The number of hydrogen-bond donors (Lipinski definition) is 0. The number of carbonyl (C=O) groups is 1. The first-order valence-electron chi connectivity index (χ1n) is 5.67. The smallest absolute Gasteiger partial charge is 0.150 e. The lowest BCUT2D eigenvalue weighted by Crippen LogP contribution is -2.13. The first kappa shape index (κ1) is 13.2. The van der Waals surface area contributed by atoms with Crippen molar-refractivity contribution in [3.05, 3.63) is 12.2 Å². The third-order valence-corrected chi connectivity index (χ3v) is 3.85. The quantitative estimate of drug-likeness (QED) is 0.732. The Bertz CT molecular complexity index is 338. The maximum absolute atomic E-state index is 11.7. The number of carbonyl (C=O) groups excluding carboxylic acids is 1. The van der Waals surface area contributed by atoms with Crippen molar-refractivity contribution in [3.63, 3.8) is 0 Å². The van der Waals surface area contributed by atoms with E-state index in [1.165, 1.54) is 6.33 Å². The Morgan fingerprint density at radius 2 is 2.31 bits per heavy atom. The van der Waals surface area contributed by atoms with Crippen LogP contribution in [0.2, 0.25) is 0 Å². The highest BCUT2D eigenvalue weighted by Crippen LogP contribution is 2.13. The van der Waals surface area contributed by atoms with E-state index in [0.29, 0.717) is 17.4 Å². The summed E-state index contributed by atoms with van der Waals surface area (Å²) in [6.45, 7) is 7.04. The van der Waals surface area contributed by atoms with Gasteiger partial charge in [-0.25, -0.2) is 9.67 Å². The molecule has 0 bridgehead atoms. The Balaban J connectivity index is 2.40. The molecule has 4 nitrogen and oxygen atoms in total.